The van der Waals surface area contributed by atoms with Gasteiger partial charge in [-0.05, 0) is 83.3 Å². The van der Waals surface area contributed by atoms with Crippen molar-refractivity contribution >= 4 is 20.9 Å². The normalized spacial score (nSPS) is 12.4. The third kappa shape index (κ3) is 5.36. The minimum Gasteiger partial charge on any atom is -0.322 e. The third-order valence-corrected chi connectivity index (χ3v) is 8.13. The molecule has 0 radical (unpaired) electrons. The molecule has 4 rings (SSSR count). The van der Waals surface area contributed by atoms with Crippen LogP contribution in [0.5, 0.6) is 0 Å². The molecule has 0 saturated heterocycles. The number of sulfonamides is 1. The zero-order valence-corrected chi connectivity index (χ0v) is 21.6. The van der Waals surface area contributed by atoms with Gasteiger partial charge in [0.1, 0.15) is 0 Å². The Morgan fingerprint density at radius 3 is 2.26 bits per heavy atom. The Hall–Kier alpha value is -3.29. The maximum Gasteiger partial charge on any atom is 0.252 e. The Bertz CT molecular complexity index is 1520. The molecule has 182 valence electrons. The van der Waals surface area contributed by atoms with Crippen LogP contribution in [0.2, 0.25) is 0 Å². The summed E-state index contributed by atoms with van der Waals surface area (Å²) < 4.78 is 28.9. The highest BCUT2D eigenvalue weighted by Gasteiger charge is 2.27. The molecule has 4 aromatic rings. The fourth-order valence-corrected chi connectivity index (χ4v) is 5.43. The maximum absolute atomic E-state index is 13.8. The van der Waals surface area contributed by atoms with Crippen LogP contribution < -0.4 is 5.56 Å². The zero-order chi connectivity index (χ0) is 25.4. The first kappa shape index (κ1) is 24.8. The smallest absolute Gasteiger partial charge is 0.252 e. The molecule has 0 spiro atoms. The van der Waals surface area contributed by atoms with Gasteiger partial charge in [0.05, 0.1) is 4.90 Å². The SMILES string of the molecule is Cc1cc2cc(CN(Cc3cccnc3)S(=O)(=O)c3ccc(C(C)(C)C)cc3)c(=O)[nH]c2cc1C. The van der Waals surface area contributed by atoms with Crippen molar-refractivity contribution in [1.82, 2.24) is 14.3 Å². The number of rotatable bonds is 6. The van der Waals surface area contributed by atoms with Gasteiger partial charge in [-0.3, -0.25) is 9.78 Å². The first-order valence-electron chi connectivity index (χ1n) is 11.6. The van der Waals surface area contributed by atoms with Crippen molar-refractivity contribution in [2.45, 2.75) is 58.0 Å². The quantitative estimate of drug-likeness (QED) is 0.402. The Kier molecular flexibility index (Phi) is 6.66. The number of H-pyrrole nitrogens is 1. The van der Waals surface area contributed by atoms with Gasteiger partial charge in [-0.2, -0.15) is 4.31 Å². The van der Waals surface area contributed by atoms with E-state index in [9.17, 15) is 13.2 Å². The molecule has 2 aromatic heterocycles. The first-order valence-corrected chi connectivity index (χ1v) is 13.0. The van der Waals surface area contributed by atoms with Gasteiger partial charge in [0.25, 0.3) is 5.56 Å². The zero-order valence-electron chi connectivity index (χ0n) is 20.8. The summed E-state index contributed by atoms with van der Waals surface area (Å²) in [6.07, 6.45) is 3.29. The standard InChI is InChI=1S/C28H31N3O3S/c1-19-13-22-15-23(27(32)30-26(22)14-20(19)2)18-31(17-21-7-6-12-29-16-21)35(33,34)25-10-8-24(9-11-25)28(3,4)5/h6-16H,17-18H2,1-5H3,(H,30,32). The topological polar surface area (TPSA) is 83.1 Å². The number of hydrogen-bond acceptors (Lipinski definition) is 4. The third-order valence-electron chi connectivity index (χ3n) is 6.32. The molecule has 0 amide bonds. The molecule has 2 aromatic carbocycles. The van der Waals surface area contributed by atoms with E-state index in [1.54, 1.807) is 36.7 Å². The monoisotopic (exact) mass is 489 g/mol. The molecule has 7 heteroatoms. The lowest BCUT2D eigenvalue weighted by atomic mass is 9.87. The lowest BCUT2D eigenvalue weighted by Gasteiger charge is -2.23. The van der Waals surface area contributed by atoms with Crippen LogP contribution in [0.3, 0.4) is 0 Å². The van der Waals surface area contributed by atoms with E-state index in [1.807, 2.05) is 44.2 Å². The molecule has 2 heterocycles. The molecule has 0 aliphatic carbocycles. The number of benzene rings is 2. The number of hydrogen-bond donors (Lipinski definition) is 1. The van der Waals surface area contributed by atoms with Gasteiger partial charge < -0.3 is 4.98 Å². The van der Waals surface area contributed by atoms with Crippen LogP contribution in [-0.2, 0) is 28.5 Å². The number of pyridine rings is 2. The van der Waals surface area contributed by atoms with E-state index < -0.39 is 10.0 Å². The maximum atomic E-state index is 13.8. The van der Waals surface area contributed by atoms with E-state index in [4.69, 9.17) is 0 Å². The van der Waals surface area contributed by atoms with E-state index in [0.29, 0.717) is 5.56 Å². The molecule has 0 saturated carbocycles. The number of aromatic amines is 1. The van der Waals surface area contributed by atoms with Crippen LogP contribution in [-0.4, -0.2) is 22.7 Å². The molecular formula is C28H31N3O3S. The molecule has 0 aliphatic rings. The number of aryl methyl sites for hydroxylation is 2. The Balaban J connectivity index is 1.77. The van der Waals surface area contributed by atoms with Crippen LogP contribution in [0.4, 0.5) is 0 Å². The summed E-state index contributed by atoms with van der Waals surface area (Å²) in [5.41, 5.74) is 4.72. The highest BCUT2D eigenvalue weighted by atomic mass is 32.2. The Morgan fingerprint density at radius 1 is 0.943 bits per heavy atom. The minimum atomic E-state index is -3.89. The first-order chi connectivity index (χ1) is 16.4. The van der Waals surface area contributed by atoms with Crippen LogP contribution in [0, 0.1) is 13.8 Å². The van der Waals surface area contributed by atoms with Crippen molar-refractivity contribution in [3.63, 3.8) is 0 Å². The van der Waals surface area contributed by atoms with Gasteiger partial charge in [-0.1, -0.05) is 39.0 Å². The molecule has 0 aliphatic heterocycles. The van der Waals surface area contributed by atoms with Crippen LogP contribution in [0.15, 0.2) is 76.7 Å². The number of nitrogens with one attached hydrogen (secondary N) is 1. The minimum absolute atomic E-state index is 0.0591. The highest BCUT2D eigenvalue weighted by Crippen LogP contribution is 2.26. The fourth-order valence-electron chi connectivity index (χ4n) is 4.03. The van der Waals surface area contributed by atoms with Crippen molar-refractivity contribution in [3.8, 4) is 0 Å². The summed E-state index contributed by atoms with van der Waals surface area (Å²) in [7, 11) is -3.89. The van der Waals surface area contributed by atoms with Gasteiger partial charge in [-0.15, -0.1) is 0 Å². The number of aromatic nitrogens is 2. The van der Waals surface area contributed by atoms with Gasteiger partial charge >= 0.3 is 0 Å². The largest absolute Gasteiger partial charge is 0.322 e. The number of fused-ring (bicyclic) bond motifs is 1. The van der Waals surface area contributed by atoms with Crippen molar-refractivity contribution in [1.29, 1.82) is 0 Å². The van der Waals surface area contributed by atoms with Gasteiger partial charge in [-0.25, -0.2) is 8.42 Å². The molecule has 0 fully saturated rings. The van der Waals surface area contributed by atoms with Crippen LogP contribution in [0.25, 0.3) is 10.9 Å². The molecule has 0 unspecified atom stereocenters. The molecule has 0 atom stereocenters. The second kappa shape index (κ2) is 9.40. The Labute approximate surface area is 206 Å². The molecule has 35 heavy (non-hydrogen) atoms. The summed E-state index contributed by atoms with van der Waals surface area (Å²) in [6, 6.07) is 16.3. The van der Waals surface area contributed by atoms with Crippen molar-refractivity contribution < 1.29 is 8.42 Å². The summed E-state index contributed by atoms with van der Waals surface area (Å²) in [5.74, 6) is 0. The molecular weight excluding hydrogens is 458 g/mol. The molecule has 1 N–H and O–H groups in total. The molecule has 0 bridgehead atoms. The van der Waals surface area contributed by atoms with E-state index in [0.717, 1.165) is 33.2 Å². The van der Waals surface area contributed by atoms with Crippen molar-refractivity contribution in [2.24, 2.45) is 0 Å². The second-order valence-corrected chi connectivity index (χ2v) is 12.0. The summed E-state index contributed by atoms with van der Waals surface area (Å²) in [6.45, 7) is 10.3. The van der Waals surface area contributed by atoms with Gasteiger partial charge in [0, 0.05) is 36.6 Å². The van der Waals surface area contributed by atoms with E-state index in [2.05, 4.69) is 30.7 Å². The molecule has 6 nitrogen and oxygen atoms in total. The summed E-state index contributed by atoms with van der Waals surface area (Å²) in [5, 5.41) is 0.871. The average molecular weight is 490 g/mol. The van der Waals surface area contributed by atoms with Gasteiger partial charge in [0.15, 0.2) is 0 Å². The lowest BCUT2D eigenvalue weighted by Crippen LogP contribution is -2.32. The van der Waals surface area contributed by atoms with E-state index in [-0.39, 0.29) is 29.0 Å². The predicted molar refractivity (Wildman–Crippen MR) is 140 cm³/mol. The van der Waals surface area contributed by atoms with Crippen molar-refractivity contribution in [3.05, 3.63) is 105 Å². The fraction of sp³-hybridized carbons (Fsp3) is 0.286. The van der Waals surface area contributed by atoms with E-state index in [1.165, 1.54) is 4.31 Å². The van der Waals surface area contributed by atoms with Gasteiger partial charge in [0.2, 0.25) is 10.0 Å². The predicted octanol–water partition coefficient (Wildman–Crippen LogP) is 5.23. The average Bonchev–Trinajstić information content (AvgIpc) is 2.80. The highest BCUT2D eigenvalue weighted by molar-refractivity contribution is 7.89. The summed E-state index contributed by atoms with van der Waals surface area (Å²) >= 11 is 0. The second-order valence-electron chi connectivity index (χ2n) is 10.1. The van der Waals surface area contributed by atoms with E-state index >= 15 is 0 Å². The van der Waals surface area contributed by atoms with Crippen LogP contribution in [0.1, 0.15) is 48.6 Å². The lowest BCUT2D eigenvalue weighted by molar-refractivity contribution is 0.399. The Morgan fingerprint density at radius 2 is 1.63 bits per heavy atom. The van der Waals surface area contributed by atoms with Crippen LogP contribution >= 0.6 is 0 Å². The van der Waals surface area contributed by atoms with Crippen molar-refractivity contribution in [2.75, 3.05) is 0 Å². The number of nitrogens with zero attached hydrogens (tertiary/aromatic N) is 2. The summed E-state index contributed by atoms with van der Waals surface area (Å²) in [4.78, 5) is 20.2.